The normalized spacial score (nSPS) is 20.8. The van der Waals surface area contributed by atoms with Crippen LogP contribution in [0.15, 0.2) is 42.5 Å². The maximum atomic E-state index is 14.2. The van der Waals surface area contributed by atoms with Gasteiger partial charge in [-0.1, -0.05) is 30.3 Å². The topological polar surface area (TPSA) is 18.5 Å². The van der Waals surface area contributed by atoms with E-state index in [-0.39, 0.29) is 0 Å². The Balaban J connectivity index is 1.68. The smallest absolute Gasteiger partial charge is 0.427 e. The molecule has 0 heterocycles. The molecule has 2 aromatic carbocycles. The number of rotatable bonds is 7. The summed E-state index contributed by atoms with van der Waals surface area (Å²) < 4.78 is 99.6. The molecule has 1 atom stereocenters. The highest BCUT2D eigenvalue weighted by atomic mass is 19.4. The third kappa shape index (κ3) is 5.74. The van der Waals surface area contributed by atoms with E-state index in [4.69, 9.17) is 4.74 Å². The average Bonchev–Trinajstić information content (AvgIpc) is 2.75. The van der Waals surface area contributed by atoms with Crippen LogP contribution in [-0.4, -0.2) is 32.2 Å². The summed E-state index contributed by atoms with van der Waals surface area (Å²) in [7, 11) is 1.69. The second kappa shape index (κ2) is 9.68. The van der Waals surface area contributed by atoms with Crippen LogP contribution in [0.25, 0.3) is 11.1 Å². The van der Waals surface area contributed by atoms with Crippen LogP contribution in [0.5, 0.6) is 5.75 Å². The number of ether oxygens (including phenoxy) is 2. The largest absolute Gasteiger partial charge is 0.439 e. The molecule has 0 spiro atoms. The van der Waals surface area contributed by atoms with Crippen molar-refractivity contribution < 1.29 is 40.2 Å². The average molecular weight is 464 g/mol. The molecular formula is C23H23F7O2. The fourth-order valence-electron chi connectivity index (χ4n) is 4.00. The molecule has 32 heavy (non-hydrogen) atoms. The molecule has 1 aliphatic rings. The van der Waals surface area contributed by atoms with E-state index in [2.05, 4.69) is 4.74 Å². The van der Waals surface area contributed by atoms with E-state index in [1.807, 2.05) is 12.1 Å². The SMILES string of the molecule is COCC1CCC(c2ccc(-c3ccc(OC(F)(F)C(F)C(F)(F)F)c(F)c3)cc2)CC1. The number of benzene rings is 2. The molecule has 1 saturated carbocycles. The number of halogens is 7. The van der Waals surface area contributed by atoms with Crippen LogP contribution in [-0.2, 0) is 4.74 Å². The number of alkyl halides is 6. The molecule has 0 amide bonds. The van der Waals surface area contributed by atoms with Crippen LogP contribution in [0.1, 0.15) is 37.2 Å². The Morgan fingerprint density at radius 1 is 0.906 bits per heavy atom. The van der Waals surface area contributed by atoms with E-state index in [1.54, 1.807) is 19.2 Å². The molecule has 1 unspecified atom stereocenters. The van der Waals surface area contributed by atoms with Gasteiger partial charge in [0.2, 0.25) is 0 Å². The maximum Gasteiger partial charge on any atom is 0.439 e. The van der Waals surface area contributed by atoms with Gasteiger partial charge in [-0.25, -0.2) is 8.78 Å². The predicted molar refractivity (Wildman–Crippen MR) is 105 cm³/mol. The predicted octanol–water partition coefficient (Wildman–Crippen LogP) is 7.28. The zero-order valence-corrected chi connectivity index (χ0v) is 17.3. The van der Waals surface area contributed by atoms with Gasteiger partial charge in [0.1, 0.15) is 0 Å². The van der Waals surface area contributed by atoms with E-state index in [0.29, 0.717) is 23.0 Å². The number of hydrogen-bond acceptors (Lipinski definition) is 2. The standard InChI is InChI=1S/C23H23F7O2/c1-31-13-14-2-4-15(5-3-14)16-6-8-17(9-7-16)18-10-11-20(19(24)12-18)32-23(29,30)21(25)22(26,27)28/h6-12,14-15,21H,2-5,13H2,1H3. The van der Waals surface area contributed by atoms with Crippen molar-refractivity contribution in [1.82, 2.24) is 0 Å². The van der Waals surface area contributed by atoms with Crippen molar-refractivity contribution in [3.05, 3.63) is 53.8 Å². The first-order valence-corrected chi connectivity index (χ1v) is 10.2. The lowest BCUT2D eigenvalue weighted by Crippen LogP contribution is -2.45. The molecule has 0 aromatic heterocycles. The number of hydrogen-bond donors (Lipinski definition) is 0. The van der Waals surface area contributed by atoms with E-state index < -0.39 is 30.0 Å². The van der Waals surface area contributed by atoms with Gasteiger partial charge < -0.3 is 9.47 Å². The monoisotopic (exact) mass is 464 g/mol. The summed E-state index contributed by atoms with van der Waals surface area (Å²) in [6.45, 7) is 0.755. The third-order valence-electron chi connectivity index (χ3n) is 5.72. The van der Waals surface area contributed by atoms with Gasteiger partial charge in [-0.05, 0) is 66.3 Å². The van der Waals surface area contributed by atoms with Crippen LogP contribution in [0.3, 0.4) is 0 Å². The first-order valence-electron chi connectivity index (χ1n) is 10.2. The molecule has 0 N–H and O–H groups in total. The van der Waals surface area contributed by atoms with Crippen LogP contribution in [0.4, 0.5) is 30.7 Å². The van der Waals surface area contributed by atoms with Gasteiger partial charge in [-0.15, -0.1) is 0 Å². The Bertz CT molecular complexity index is 888. The van der Waals surface area contributed by atoms with Gasteiger partial charge >= 0.3 is 12.3 Å². The first kappa shape index (κ1) is 24.4. The minimum atomic E-state index is -5.84. The highest BCUT2D eigenvalue weighted by Crippen LogP contribution is 2.39. The van der Waals surface area contributed by atoms with Gasteiger partial charge in [0.25, 0.3) is 6.17 Å². The van der Waals surface area contributed by atoms with E-state index in [1.165, 1.54) is 6.07 Å². The van der Waals surface area contributed by atoms with Crippen LogP contribution in [0, 0.1) is 11.7 Å². The maximum absolute atomic E-state index is 14.2. The molecule has 0 bridgehead atoms. The molecule has 2 aromatic rings. The van der Waals surface area contributed by atoms with Crippen LogP contribution >= 0.6 is 0 Å². The minimum Gasteiger partial charge on any atom is -0.427 e. The van der Waals surface area contributed by atoms with Crippen molar-refractivity contribution in [2.45, 2.75) is 50.1 Å². The van der Waals surface area contributed by atoms with E-state index >= 15 is 0 Å². The van der Waals surface area contributed by atoms with Crippen molar-refractivity contribution in [2.24, 2.45) is 5.92 Å². The Morgan fingerprint density at radius 2 is 1.50 bits per heavy atom. The van der Waals surface area contributed by atoms with Crippen molar-refractivity contribution >= 4 is 0 Å². The Kier molecular flexibility index (Phi) is 7.37. The molecule has 176 valence electrons. The molecular weight excluding hydrogens is 441 g/mol. The molecule has 1 aliphatic carbocycles. The van der Waals surface area contributed by atoms with Gasteiger partial charge in [0.15, 0.2) is 11.6 Å². The quantitative estimate of drug-likeness (QED) is 0.401. The van der Waals surface area contributed by atoms with Crippen molar-refractivity contribution in [2.75, 3.05) is 13.7 Å². The molecule has 0 radical (unpaired) electrons. The molecule has 0 saturated heterocycles. The van der Waals surface area contributed by atoms with Crippen molar-refractivity contribution in [1.29, 1.82) is 0 Å². The van der Waals surface area contributed by atoms with Gasteiger partial charge in [0, 0.05) is 13.7 Å². The lowest BCUT2D eigenvalue weighted by Gasteiger charge is -2.28. The molecule has 9 heteroatoms. The fourth-order valence-corrected chi connectivity index (χ4v) is 4.00. The summed E-state index contributed by atoms with van der Waals surface area (Å²) in [5, 5.41) is 0. The summed E-state index contributed by atoms with van der Waals surface area (Å²) in [5.74, 6) is -1.52. The second-order valence-corrected chi connectivity index (χ2v) is 8.01. The Labute approximate surface area is 181 Å². The highest BCUT2D eigenvalue weighted by molar-refractivity contribution is 5.64. The highest BCUT2D eigenvalue weighted by Gasteiger charge is 2.59. The fraction of sp³-hybridized carbons (Fsp3) is 0.478. The summed E-state index contributed by atoms with van der Waals surface area (Å²) in [6, 6.07) is 10.2. The van der Waals surface area contributed by atoms with Crippen molar-refractivity contribution in [3.63, 3.8) is 0 Å². The molecule has 2 nitrogen and oxygen atoms in total. The third-order valence-corrected chi connectivity index (χ3v) is 5.72. The lowest BCUT2D eigenvalue weighted by atomic mass is 9.79. The zero-order valence-electron chi connectivity index (χ0n) is 17.3. The van der Waals surface area contributed by atoms with E-state index in [0.717, 1.165) is 50.0 Å². The van der Waals surface area contributed by atoms with Gasteiger partial charge in [-0.2, -0.15) is 22.0 Å². The Morgan fingerprint density at radius 3 is 2.03 bits per heavy atom. The van der Waals surface area contributed by atoms with Crippen molar-refractivity contribution in [3.8, 4) is 16.9 Å². The summed E-state index contributed by atoms with van der Waals surface area (Å²) in [5.41, 5.74) is 2.06. The lowest BCUT2D eigenvalue weighted by molar-refractivity contribution is -0.305. The molecule has 3 rings (SSSR count). The minimum absolute atomic E-state index is 0.320. The van der Waals surface area contributed by atoms with Crippen LogP contribution < -0.4 is 4.74 Å². The van der Waals surface area contributed by atoms with Gasteiger partial charge in [-0.3, -0.25) is 0 Å². The summed E-state index contributed by atoms with van der Waals surface area (Å²) >= 11 is 0. The van der Waals surface area contributed by atoms with Gasteiger partial charge in [0.05, 0.1) is 0 Å². The van der Waals surface area contributed by atoms with E-state index in [9.17, 15) is 30.7 Å². The summed E-state index contributed by atoms with van der Waals surface area (Å²) in [6.07, 6.45) is -11.5. The van der Waals surface area contributed by atoms with Crippen LogP contribution in [0.2, 0.25) is 0 Å². The Hall–Kier alpha value is -2.29. The molecule has 1 fully saturated rings. The molecule has 0 aliphatic heterocycles. The first-order chi connectivity index (χ1) is 15.0. The number of methoxy groups -OCH3 is 1. The summed E-state index contributed by atoms with van der Waals surface area (Å²) in [4.78, 5) is 0. The zero-order chi connectivity index (χ0) is 23.5. The second-order valence-electron chi connectivity index (χ2n) is 8.01.